The zero-order valence-electron chi connectivity index (χ0n) is 9.54. The first kappa shape index (κ1) is 14.3. The number of quaternary nitrogens is 1. The Balaban J connectivity index is 0.00000144. The van der Waals surface area contributed by atoms with Crippen LogP contribution in [-0.2, 0) is 0 Å². The zero-order chi connectivity index (χ0) is 11.4. The number of hydrogen-bond acceptors (Lipinski definition) is 3. The third-order valence-corrected chi connectivity index (χ3v) is 3.24. The Bertz CT molecular complexity index is 412. The lowest BCUT2D eigenvalue weighted by atomic mass is 10.3. The van der Waals surface area contributed by atoms with Crippen LogP contribution in [0.4, 0.5) is 10.1 Å². The molecule has 3 nitrogen and oxygen atoms in total. The predicted molar refractivity (Wildman–Crippen MR) is 65.8 cm³/mol. The van der Waals surface area contributed by atoms with Gasteiger partial charge in [0.25, 0.3) is 0 Å². The van der Waals surface area contributed by atoms with Gasteiger partial charge in [0.05, 0.1) is 12.2 Å². The first-order valence-electron chi connectivity index (χ1n) is 5.23. The molecule has 0 atom stereocenters. The summed E-state index contributed by atoms with van der Waals surface area (Å²) in [6.07, 6.45) is 1.98. The normalized spacial score (nSPS) is 14.1. The van der Waals surface area contributed by atoms with Gasteiger partial charge in [-0.2, -0.15) is 0 Å². The summed E-state index contributed by atoms with van der Waals surface area (Å²) in [6, 6.07) is 4.81. The number of nitrogens with zero attached hydrogens (tertiary/aromatic N) is 1. The molecular formula is C11H15ClFN3S. The first-order chi connectivity index (χ1) is 7.79. The van der Waals surface area contributed by atoms with Crippen LogP contribution < -0.4 is 23.0 Å². The molecule has 1 aliphatic rings. The minimum Gasteiger partial charge on any atom is -1.00 e. The molecule has 0 saturated carbocycles. The van der Waals surface area contributed by atoms with Crippen LogP contribution >= 0.6 is 11.8 Å². The molecule has 0 spiro atoms. The number of nitrogens with one attached hydrogen (secondary N) is 1. The first-order valence-corrected chi connectivity index (χ1v) is 6.46. The molecule has 1 heterocycles. The van der Waals surface area contributed by atoms with Crippen molar-refractivity contribution < 1.29 is 22.1 Å². The number of rotatable bonds is 4. The Morgan fingerprint density at radius 3 is 3.00 bits per heavy atom. The SMILES string of the molecule is CSc1ccc(F)cc1NCC1=NCC[NH2+]1.[Cl-]. The minimum absolute atomic E-state index is 0. The molecule has 1 aromatic carbocycles. The Hall–Kier alpha value is -0.780. The van der Waals surface area contributed by atoms with E-state index < -0.39 is 0 Å². The van der Waals surface area contributed by atoms with Crippen LogP contribution in [0.25, 0.3) is 0 Å². The van der Waals surface area contributed by atoms with Gasteiger partial charge in [0, 0.05) is 4.90 Å². The molecule has 0 aliphatic carbocycles. The monoisotopic (exact) mass is 275 g/mol. The second kappa shape index (κ2) is 6.83. The lowest BCUT2D eigenvalue weighted by molar-refractivity contribution is -0.528. The molecule has 0 radical (unpaired) electrons. The maximum atomic E-state index is 13.1. The predicted octanol–water partition coefficient (Wildman–Crippen LogP) is -2.06. The summed E-state index contributed by atoms with van der Waals surface area (Å²) in [6.45, 7) is 2.59. The molecule has 2 rings (SSSR count). The summed E-state index contributed by atoms with van der Waals surface area (Å²) in [5, 5.41) is 5.34. The maximum absolute atomic E-state index is 13.1. The van der Waals surface area contributed by atoms with E-state index in [4.69, 9.17) is 0 Å². The molecule has 0 saturated heterocycles. The highest BCUT2D eigenvalue weighted by molar-refractivity contribution is 7.98. The molecule has 0 unspecified atom stereocenters. The summed E-state index contributed by atoms with van der Waals surface area (Å²) in [7, 11) is 0. The van der Waals surface area contributed by atoms with Crippen molar-refractivity contribution in [1.29, 1.82) is 0 Å². The van der Waals surface area contributed by atoms with E-state index in [9.17, 15) is 4.39 Å². The van der Waals surface area contributed by atoms with Crippen LogP contribution in [-0.4, -0.2) is 31.7 Å². The lowest BCUT2D eigenvalue weighted by Crippen LogP contribution is -3.00. The van der Waals surface area contributed by atoms with Crippen molar-refractivity contribution in [3.8, 4) is 0 Å². The van der Waals surface area contributed by atoms with Crippen LogP contribution in [0, 0.1) is 5.82 Å². The van der Waals surface area contributed by atoms with E-state index in [-0.39, 0.29) is 18.2 Å². The fraction of sp³-hybridized carbons (Fsp3) is 0.364. The van der Waals surface area contributed by atoms with Gasteiger partial charge in [0.1, 0.15) is 18.9 Å². The van der Waals surface area contributed by atoms with E-state index in [1.165, 1.54) is 12.1 Å². The van der Waals surface area contributed by atoms with Crippen molar-refractivity contribution in [3.05, 3.63) is 24.0 Å². The van der Waals surface area contributed by atoms with Crippen molar-refractivity contribution in [2.75, 3.05) is 31.2 Å². The molecule has 0 aromatic heterocycles. The van der Waals surface area contributed by atoms with E-state index in [1.54, 1.807) is 17.8 Å². The molecule has 0 bridgehead atoms. The number of hydrogen-bond donors (Lipinski definition) is 2. The maximum Gasteiger partial charge on any atom is 0.214 e. The van der Waals surface area contributed by atoms with Gasteiger partial charge in [-0.25, -0.2) is 9.38 Å². The van der Waals surface area contributed by atoms with Gasteiger partial charge in [0.15, 0.2) is 0 Å². The number of anilines is 1. The van der Waals surface area contributed by atoms with Crippen LogP contribution in [0.2, 0.25) is 0 Å². The van der Waals surface area contributed by atoms with Gasteiger partial charge in [-0.15, -0.1) is 11.8 Å². The number of aliphatic imine (C=N–C) groups is 1. The molecule has 3 N–H and O–H groups in total. The Labute approximate surface area is 111 Å². The fourth-order valence-electron chi connectivity index (χ4n) is 1.64. The fourth-order valence-corrected chi connectivity index (χ4v) is 2.19. The zero-order valence-corrected chi connectivity index (χ0v) is 11.1. The average Bonchev–Trinajstić information content (AvgIpc) is 2.79. The third-order valence-electron chi connectivity index (χ3n) is 2.45. The van der Waals surface area contributed by atoms with E-state index in [0.29, 0.717) is 6.54 Å². The van der Waals surface area contributed by atoms with Crippen molar-refractivity contribution >= 4 is 23.3 Å². The number of thioether (sulfide) groups is 1. The molecule has 1 aliphatic heterocycles. The van der Waals surface area contributed by atoms with Gasteiger partial charge in [-0.05, 0) is 24.5 Å². The smallest absolute Gasteiger partial charge is 0.214 e. The molecule has 6 heteroatoms. The number of nitrogens with two attached hydrogens (primary N) is 1. The standard InChI is InChI=1S/C11H14FN3S.ClH/c1-16-10-3-2-8(12)6-9(10)15-7-11-13-4-5-14-11;/h2-3,6,15H,4-5,7H2,1H3,(H,13,14);1H. The second-order valence-electron chi connectivity index (χ2n) is 3.56. The highest BCUT2D eigenvalue weighted by Gasteiger charge is 2.10. The van der Waals surface area contributed by atoms with Gasteiger partial charge in [-0.1, -0.05) is 0 Å². The van der Waals surface area contributed by atoms with Gasteiger partial charge in [-0.3, -0.25) is 5.32 Å². The van der Waals surface area contributed by atoms with E-state index in [1.807, 2.05) is 6.26 Å². The third kappa shape index (κ3) is 3.87. The minimum atomic E-state index is -0.211. The second-order valence-corrected chi connectivity index (χ2v) is 4.41. The van der Waals surface area contributed by atoms with E-state index in [2.05, 4.69) is 15.6 Å². The van der Waals surface area contributed by atoms with Gasteiger partial charge in [0.2, 0.25) is 5.84 Å². The Kier molecular flexibility index (Phi) is 5.74. The van der Waals surface area contributed by atoms with E-state index in [0.717, 1.165) is 29.5 Å². The van der Waals surface area contributed by atoms with Crippen LogP contribution in [0.3, 0.4) is 0 Å². The summed E-state index contributed by atoms with van der Waals surface area (Å²) >= 11 is 1.61. The van der Waals surface area contributed by atoms with Crippen molar-refractivity contribution in [3.63, 3.8) is 0 Å². The molecule has 1 aromatic rings. The molecule has 17 heavy (non-hydrogen) atoms. The molecule has 94 valence electrons. The van der Waals surface area contributed by atoms with Crippen LogP contribution in [0.5, 0.6) is 0 Å². The summed E-state index contributed by atoms with van der Waals surface area (Å²) in [5.41, 5.74) is 0.843. The van der Waals surface area contributed by atoms with Crippen molar-refractivity contribution in [2.45, 2.75) is 4.90 Å². The van der Waals surface area contributed by atoms with E-state index >= 15 is 0 Å². The largest absolute Gasteiger partial charge is 1.00 e. The molecular weight excluding hydrogens is 261 g/mol. The molecule has 0 amide bonds. The average molecular weight is 276 g/mol. The Morgan fingerprint density at radius 2 is 2.35 bits per heavy atom. The van der Waals surface area contributed by atoms with Crippen molar-refractivity contribution in [2.24, 2.45) is 4.99 Å². The van der Waals surface area contributed by atoms with Gasteiger partial charge < -0.3 is 17.7 Å². The summed E-state index contributed by atoms with van der Waals surface area (Å²) in [5.74, 6) is 0.856. The topological polar surface area (TPSA) is 41.0 Å². The van der Waals surface area contributed by atoms with Crippen LogP contribution in [0.1, 0.15) is 0 Å². The number of benzene rings is 1. The van der Waals surface area contributed by atoms with Gasteiger partial charge >= 0.3 is 0 Å². The lowest BCUT2D eigenvalue weighted by Gasteiger charge is -2.09. The highest BCUT2D eigenvalue weighted by atomic mass is 35.5. The summed E-state index contributed by atoms with van der Waals surface area (Å²) in [4.78, 5) is 5.38. The van der Waals surface area contributed by atoms with Crippen molar-refractivity contribution in [1.82, 2.24) is 0 Å². The number of amidine groups is 1. The van der Waals surface area contributed by atoms with Crippen LogP contribution in [0.15, 0.2) is 28.1 Å². The number of halogens is 2. The Morgan fingerprint density at radius 1 is 1.53 bits per heavy atom. The molecule has 0 fully saturated rings. The highest BCUT2D eigenvalue weighted by Crippen LogP contribution is 2.25. The quantitative estimate of drug-likeness (QED) is 0.621. The summed E-state index contributed by atoms with van der Waals surface area (Å²) < 4.78 is 13.1.